The molecule has 0 aliphatic heterocycles. The molecule has 0 bridgehead atoms. The Morgan fingerprint density at radius 2 is 2.27 bits per heavy atom. The highest BCUT2D eigenvalue weighted by atomic mass is 16.1. The predicted octanol–water partition coefficient (Wildman–Crippen LogP) is 0.101. The van der Waals surface area contributed by atoms with Crippen molar-refractivity contribution in [1.82, 2.24) is 20.3 Å². The molecule has 0 saturated carbocycles. The molecule has 0 saturated heterocycles. The van der Waals surface area contributed by atoms with Gasteiger partial charge in [0.25, 0.3) is 0 Å². The summed E-state index contributed by atoms with van der Waals surface area (Å²) < 4.78 is 1.40. The third kappa shape index (κ3) is 4.33. The number of rotatable bonds is 8. The van der Waals surface area contributed by atoms with Crippen LogP contribution in [0, 0.1) is 22.7 Å². The van der Waals surface area contributed by atoms with Gasteiger partial charge >= 0.3 is 0 Å². The molecular weight excluding hydrogens is 282 g/mol. The van der Waals surface area contributed by atoms with E-state index in [2.05, 4.69) is 27.1 Å². The van der Waals surface area contributed by atoms with Crippen LogP contribution < -0.4 is 16.1 Å². The van der Waals surface area contributed by atoms with Crippen LogP contribution >= 0.6 is 0 Å². The van der Waals surface area contributed by atoms with Crippen molar-refractivity contribution in [3.8, 4) is 12.1 Å². The first kappa shape index (κ1) is 17.2. The summed E-state index contributed by atoms with van der Waals surface area (Å²) in [5, 5.41) is 24.2. The van der Waals surface area contributed by atoms with Crippen LogP contribution in [0.1, 0.15) is 25.4 Å². The summed E-state index contributed by atoms with van der Waals surface area (Å²) in [5.41, 5.74) is 3.95. The zero-order valence-electron chi connectivity index (χ0n) is 12.8. The largest absolute Gasteiger partial charge is 0.377 e. The number of nitrogens with one attached hydrogen (secondary N) is 3. The summed E-state index contributed by atoms with van der Waals surface area (Å²) in [4.78, 5) is 15.1. The quantitative estimate of drug-likeness (QED) is 0.463. The van der Waals surface area contributed by atoms with Crippen LogP contribution in [0.3, 0.4) is 0 Å². The normalized spacial score (nSPS) is 12.6. The second kappa shape index (κ2) is 8.45. The maximum atomic E-state index is 10.7. The molecule has 116 valence electrons. The van der Waals surface area contributed by atoms with E-state index in [1.54, 1.807) is 13.1 Å². The Labute approximate surface area is 129 Å². The molecule has 1 heterocycles. The number of nitrogens with zero attached hydrogens (tertiary/aromatic N) is 4. The van der Waals surface area contributed by atoms with E-state index >= 15 is 0 Å². The van der Waals surface area contributed by atoms with Crippen molar-refractivity contribution >= 4 is 12.1 Å². The van der Waals surface area contributed by atoms with Gasteiger partial charge in [0.1, 0.15) is 0 Å². The third-order valence-corrected chi connectivity index (χ3v) is 2.88. The van der Waals surface area contributed by atoms with Gasteiger partial charge in [-0.2, -0.15) is 10.5 Å². The zero-order chi connectivity index (χ0) is 16.5. The Kier molecular flexibility index (Phi) is 6.61. The standard InChI is InChI=1S/C14H19N7O/c1-10(6-16)13(19-11(2)7-17-3)14-20-12(4-5-15)8-21(14)18-9-22/h8-9,11,17,19H,4,7H2,1-3H3,(H,18,22)/b13-10-. The molecule has 8 nitrogen and oxygen atoms in total. The topological polar surface area (TPSA) is 119 Å². The molecule has 0 aromatic carbocycles. The fourth-order valence-corrected chi connectivity index (χ4v) is 1.93. The number of carbonyl (C=O) groups excluding carboxylic acids is 1. The van der Waals surface area contributed by atoms with Crippen LogP contribution in [0.5, 0.6) is 0 Å². The smallest absolute Gasteiger partial charge is 0.226 e. The second-order valence-electron chi connectivity index (χ2n) is 4.72. The SMILES string of the molecule is CNCC(C)N/C(=C(/C)C#N)c1nc(CC#N)cn1NC=O. The molecule has 1 unspecified atom stereocenters. The van der Waals surface area contributed by atoms with Gasteiger partial charge in [0.15, 0.2) is 5.82 Å². The van der Waals surface area contributed by atoms with Crippen LogP contribution in [-0.2, 0) is 11.2 Å². The van der Waals surface area contributed by atoms with E-state index in [-0.39, 0.29) is 12.5 Å². The van der Waals surface area contributed by atoms with Crippen LogP contribution in [0.2, 0.25) is 0 Å². The van der Waals surface area contributed by atoms with Gasteiger partial charge in [-0.3, -0.25) is 10.2 Å². The van der Waals surface area contributed by atoms with Gasteiger partial charge in [-0.05, 0) is 20.9 Å². The average molecular weight is 301 g/mol. The molecule has 3 N–H and O–H groups in total. The minimum Gasteiger partial charge on any atom is -0.377 e. The highest BCUT2D eigenvalue weighted by Crippen LogP contribution is 2.16. The van der Waals surface area contributed by atoms with E-state index in [1.807, 2.05) is 20.0 Å². The lowest BCUT2D eigenvalue weighted by atomic mass is 10.2. The van der Waals surface area contributed by atoms with E-state index < -0.39 is 0 Å². The molecule has 0 aliphatic rings. The van der Waals surface area contributed by atoms with Crippen LogP contribution in [0.25, 0.3) is 5.70 Å². The summed E-state index contributed by atoms with van der Waals surface area (Å²) in [6, 6.07) is 4.14. The van der Waals surface area contributed by atoms with Gasteiger partial charge in [0.05, 0.1) is 41.7 Å². The van der Waals surface area contributed by atoms with Crippen molar-refractivity contribution in [2.75, 3.05) is 19.0 Å². The summed E-state index contributed by atoms with van der Waals surface area (Å²) in [6.45, 7) is 4.31. The molecule has 1 aromatic rings. The molecule has 1 atom stereocenters. The summed E-state index contributed by atoms with van der Waals surface area (Å²) in [5.74, 6) is 0.388. The molecule has 1 amide bonds. The fourth-order valence-electron chi connectivity index (χ4n) is 1.93. The van der Waals surface area contributed by atoms with Gasteiger partial charge in [0.2, 0.25) is 6.41 Å². The average Bonchev–Trinajstić information content (AvgIpc) is 2.87. The molecule has 0 fully saturated rings. The number of likely N-dealkylation sites (N-methyl/N-ethyl adjacent to an activating group) is 1. The first-order chi connectivity index (χ1) is 10.6. The Morgan fingerprint density at radius 1 is 1.55 bits per heavy atom. The van der Waals surface area contributed by atoms with Crippen molar-refractivity contribution in [2.24, 2.45) is 0 Å². The predicted molar refractivity (Wildman–Crippen MR) is 81.7 cm³/mol. The van der Waals surface area contributed by atoms with Crippen molar-refractivity contribution in [1.29, 1.82) is 10.5 Å². The van der Waals surface area contributed by atoms with Crippen molar-refractivity contribution in [2.45, 2.75) is 26.3 Å². The minimum absolute atomic E-state index is 0.0455. The third-order valence-electron chi connectivity index (χ3n) is 2.88. The minimum atomic E-state index is 0.0455. The maximum absolute atomic E-state index is 10.7. The van der Waals surface area contributed by atoms with E-state index in [4.69, 9.17) is 5.26 Å². The lowest BCUT2D eigenvalue weighted by molar-refractivity contribution is -0.106. The number of hydrogen-bond acceptors (Lipinski definition) is 6. The highest BCUT2D eigenvalue weighted by molar-refractivity contribution is 5.68. The lowest BCUT2D eigenvalue weighted by Crippen LogP contribution is -2.35. The number of imidazole rings is 1. The van der Waals surface area contributed by atoms with Crippen LogP contribution in [0.4, 0.5) is 0 Å². The fraction of sp³-hybridized carbons (Fsp3) is 0.429. The second-order valence-corrected chi connectivity index (χ2v) is 4.72. The molecule has 22 heavy (non-hydrogen) atoms. The van der Waals surface area contributed by atoms with Gasteiger partial charge < -0.3 is 10.6 Å². The van der Waals surface area contributed by atoms with Crippen molar-refractivity contribution in [3.05, 3.63) is 23.3 Å². The molecule has 0 spiro atoms. The first-order valence-corrected chi connectivity index (χ1v) is 6.75. The Bertz CT molecular complexity index is 633. The first-order valence-electron chi connectivity index (χ1n) is 6.75. The zero-order valence-corrected chi connectivity index (χ0v) is 12.8. The van der Waals surface area contributed by atoms with Crippen molar-refractivity contribution in [3.63, 3.8) is 0 Å². The Hall–Kier alpha value is -2.84. The van der Waals surface area contributed by atoms with Gasteiger partial charge in [-0.25, -0.2) is 9.66 Å². The van der Waals surface area contributed by atoms with Crippen molar-refractivity contribution < 1.29 is 4.79 Å². The van der Waals surface area contributed by atoms with Crippen LogP contribution in [0.15, 0.2) is 11.8 Å². The number of hydrogen-bond donors (Lipinski definition) is 3. The van der Waals surface area contributed by atoms with Gasteiger partial charge in [0, 0.05) is 12.6 Å². The summed E-state index contributed by atoms with van der Waals surface area (Å²) in [7, 11) is 1.83. The Balaban J connectivity index is 3.28. The number of nitriles is 2. The summed E-state index contributed by atoms with van der Waals surface area (Å²) in [6.07, 6.45) is 2.19. The maximum Gasteiger partial charge on any atom is 0.226 e. The molecule has 8 heteroatoms. The van der Waals surface area contributed by atoms with Gasteiger partial charge in [-0.15, -0.1) is 0 Å². The molecule has 1 aromatic heterocycles. The van der Waals surface area contributed by atoms with E-state index in [0.717, 1.165) is 0 Å². The number of allylic oxidation sites excluding steroid dienone is 1. The lowest BCUT2D eigenvalue weighted by Gasteiger charge is -2.18. The van der Waals surface area contributed by atoms with E-state index in [9.17, 15) is 10.1 Å². The van der Waals surface area contributed by atoms with Gasteiger partial charge in [-0.1, -0.05) is 0 Å². The summed E-state index contributed by atoms with van der Waals surface area (Å²) >= 11 is 0. The van der Waals surface area contributed by atoms with E-state index in [1.165, 1.54) is 4.68 Å². The number of aromatic nitrogens is 2. The molecule has 0 radical (unpaired) electrons. The molecular formula is C14H19N7O. The number of carbonyl (C=O) groups is 1. The highest BCUT2D eigenvalue weighted by Gasteiger charge is 2.17. The Morgan fingerprint density at radius 3 is 2.82 bits per heavy atom. The van der Waals surface area contributed by atoms with E-state index in [0.29, 0.717) is 35.7 Å². The number of amides is 1. The van der Waals surface area contributed by atoms with Crippen LogP contribution in [-0.4, -0.2) is 35.7 Å². The molecule has 1 rings (SSSR count). The monoisotopic (exact) mass is 301 g/mol. The molecule has 0 aliphatic carbocycles.